The summed E-state index contributed by atoms with van der Waals surface area (Å²) >= 11 is 0. The zero-order valence-corrected chi connectivity index (χ0v) is 13.8. The van der Waals surface area contributed by atoms with E-state index in [2.05, 4.69) is 10.6 Å². The molecule has 0 spiro atoms. The summed E-state index contributed by atoms with van der Waals surface area (Å²) in [6.07, 6.45) is 0. The molecule has 0 aliphatic heterocycles. The van der Waals surface area contributed by atoms with Crippen LogP contribution < -0.4 is 15.4 Å². The quantitative estimate of drug-likeness (QED) is 0.724. The van der Waals surface area contributed by atoms with E-state index < -0.39 is 24.5 Å². The number of benzene rings is 1. The van der Waals surface area contributed by atoms with Crippen molar-refractivity contribution in [2.75, 3.05) is 20.3 Å². The first-order chi connectivity index (χ1) is 10.9. The first kappa shape index (κ1) is 18.5. The fourth-order valence-electron chi connectivity index (χ4n) is 1.84. The second-order valence-corrected chi connectivity index (χ2v) is 4.94. The summed E-state index contributed by atoms with van der Waals surface area (Å²) in [4.78, 5) is 35.1. The monoisotopic (exact) mass is 322 g/mol. The van der Waals surface area contributed by atoms with Crippen molar-refractivity contribution in [3.05, 3.63) is 29.3 Å². The number of methoxy groups -OCH3 is 1. The number of hydrogen-bond acceptors (Lipinski definition) is 5. The van der Waals surface area contributed by atoms with Gasteiger partial charge in [-0.15, -0.1) is 0 Å². The zero-order chi connectivity index (χ0) is 17.4. The van der Waals surface area contributed by atoms with Crippen LogP contribution in [0, 0.1) is 6.92 Å². The molecule has 0 aliphatic rings. The maximum Gasteiger partial charge on any atom is 0.338 e. The molecule has 0 saturated carbocycles. The molecule has 0 unspecified atom stereocenters. The van der Waals surface area contributed by atoms with Crippen molar-refractivity contribution < 1.29 is 23.9 Å². The summed E-state index contributed by atoms with van der Waals surface area (Å²) in [7, 11) is 1.51. The first-order valence-corrected chi connectivity index (χ1v) is 7.27. The highest BCUT2D eigenvalue weighted by Crippen LogP contribution is 2.19. The van der Waals surface area contributed by atoms with Crippen LogP contribution in [0.15, 0.2) is 18.2 Å². The Labute approximate surface area is 135 Å². The normalized spacial score (nSPS) is 11.3. The summed E-state index contributed by atoms with van der Waals surface area (Å²) in [5.74, 6) is -0.912. The van der Waals surface area contributed by atoms with E-state index in [1.807, 2.05) is 6.92 Å². The van der Waals surface area contributed by atoms with Crippen molar-refractivity contribution in [2.24, 2.45) is 0 Å². The molecule has 0 aromatic heterocycles. The Balaban J connectivity index is 2.52. The molecule has 126 valence electrons. The van der Waals surface area contributed by atoms with Crippen LogP contribution in [0.4, 0.5) is 0 Å². The predicted molar refractivity (Wildman–Crippen MR) is 84.3 cm³/mol. The minimum absolute atomic E-state index is 0.289. The second-order valence-electron chi connectivity index (χ2n) is 4.94. The molecule has 0 saturated heterocycles. The Morgan fingerprint density at radius 1 is 1.26 bits per heavy atom. The van der Waals surface area contributed by atoms with Gasteiger partial charge in [0.05, 0.1) is 12.7 Å². The van der Waals surface area contributed by atoms with Gasteiger partial charge in [-0.3, -0.25) is 9.59 Å². The van der Waals surface area contributed by atoms with Gasteiger partial charge in [0.2, 0.25) is 5.91 Å². The standard InChI is InChI=1S/C16H22N2O5/c1-5-17-15(20)11(3)18-14(19)9-23-16(21)12-7-6-10(2)13(8-12)22-4/h6-8,11H,5,9H2,1-4H3,(H,17,20)(H,18,19)/t11-/m0/s1. The molecule has 1 aromatic rings. The predicted octanol–water partition coefficient (Wildman–Crippen LogP) is 0.801. The van der Waals surface area contributed by atoms with Crippen molar-refractivity contribution in [1.82, 2.24) is 10.6 Å². The van der Waals surface area contributed by atoms with E-state index in [1.54, 1.807) is 32.0 Å². The zero-order valence-electron chi connectivity index (χ0n) is 13.8. The van der Waals surface area contributed by atoms with E-state index >= 15 is 0 Å². The molecule has 0 bridgehead atoms. The maximum atomic E-state index is 11.9. The van der Waals surface area contributed by atoms with Crippen LogP contribution in [0.5, 0.6) is 5.75 Å². The molecule has 0 fully saturated rings. The molecule has 1 atom stereocenters. The SMILES string of the molecule is CCNC(=O)[C@H](C)NC(=O)COC(=O)c1ccc(C)c(OC)c1. The van der Waals surface area contributed by atoms with Crippen LogP contribution in [0.25, 0.3) is 0 Å². The molecule has 0 aliphatic carbocycles. The summed E-state index contributed by atoms with van der Waals surface area (Å²) < 4.78 is 10.1. The lowest BCUT2D eigenvalue weighted by molar-refractivity contribution is -0.130. The van der Waals surface area contributed by atoms with Gasteiger partial charge in [0.1, 0.15) is 11.8 Å². The van der Waals surface area contributed by atoms with Gasteiger partial charge < -0.3 is 20.1 Å². The average molecular weight is 322 g/mol. The van der Waals surface area contributed by atoms with E-state index in [1.165, 1.54) is 7.11 Å². The van der Waals surface area contributed by atoms with E-state index in [4.69, 9.17) is 9.47 Å². The van der Waals surface area contributed by atoms with Crippen molar-refractivity contribution in [3.8, 4) is 5.75 Å². The molecule has 0 radical (unpaired) electrons. The highest BCUT2D eigenvalue weighted by atomic mass is 16.5. The Kier molecular flexibility index (Phi) is 7.05. The Morgan fingerprint density at radius 2 is 1.96 bits per heavy atom. The molecule has 23 heavy (non-hydrogen) atoms. The van der Waals surface area contributed by atoms with Gasteiger partial charge in [0.15, 0.2) is 6.61 Å². The smallest absolute Gasteiger partial charge is 0.338 e. The lowest BCUT2D eigenvalue weighted by Crippen LogP contribution is -2.46. The van der Waals surface area contributed by atoms with Gasteiger partial charge in [-0.2, -0.15) is 0 Å². The number of hydrogen-bond donors (Lipinski definition) is 2. The molecule has 7 heteroatoms. The Hall–Kier alpha value is -2.57. The third kappa shape index (κ3) is 5.61. The lowest BCUT2D eigenvalue weighted by Gasteiger charge is -2.13. The number of aryl methyl sites for hydroxylation is 1. The molecular formula is C16H22N2O5. The van der Waals surface area contributed by atoms with Crippen molar-refractivity contribution >= 4 is 17.8 Å². The van der Waals surface area contributed by atoms with Crippen LogP contribution in [0.2, 0.25) is 0 Å². The summed E-state index contributed by atoms with van der Waals surface area (Å²) in [5.41, 5.74) is 1.18. The van der Waals surface area contributed by atoms with Crippen LogP contribution in [-0.4, -0.2) is 44.1 Å². The van der Waals surface area contributed by atoms with Gasteiger partial charge in [-0.25, -0.2) is 4.79 Å². The summed E-state index contributed by atoms with van der Waals surface area (Å²) in [6.45, 7) is 5.20. The highest BCUT2D eigenvalue weighted by Gasteiger charge is 2.16. The molecule has 2 N–H and O–H groups in total. The number of ether oxygens (including phenoxy) is 2. The third-order valence-electron chi connectivity index (χ3n) is 3.10. The van der Waals surface area contributed by atoms with Gasteiger partial charge in [-0.05, 0) is 38.5 Å². The molecule has 1 rings (SSSR count). The van der Waals surface area contributed by atoms with Crippen LogP contribution in [-0.2, 0) is 14.3 Å². The maximum absolute atomic E-state index is 11.9. The molecule has 1 aromatic carbocycles. The minimum Gasteiger partial charge on any atom is -0.496 e. The van der Waals surface area contributed by atoms with Crippen LogP contribution in [0.1, 0.15) is 29.8 Å². The largest absolute Gasteiger partial charge is 0.496 e. The van der Waals surface area contributed by atoms with Crippen LogP contribution >= 0.6 is 0 Å². The molecular weight excluding hydrogens is 300 g/mol. The lowest BCUT2D eigenvalue weighted by atomic mass is 10.1. The van der Waals surface area contributed by atoms with Crippen LogP contribution in [0.3, 0.4) is 0 Å². The number of carbonyl (C=O) groups is 3. The van der Waals surface area contributed by atoms with Gasteiger partial charge >= 0.3 is 5.97 Å². The molecule has 2 amide bonds. The van der Waals surface area contributed by atoms with Gasteiger partial charge in [0, 0.05) is 6.54 Å². The Bertz CT molecular complexity index is 586. The van der Waals surface area contributed by atoms with Crippen molar-refractivity contribution in [3.63, 3.8) is 0 Å². The van der Waals surface area contributed by atoms with E-state index in [0.717, 1.165) is 5.56 Å². The number of rotatable bonds is 7. The Morgan fingerprint density at radius 3 is 2.57 bits per heavy atom. The fraction of sp³-hybridized carbons (Fsp3) is 0.438. The average Bonchev–Trinajstić information content (AvgIpc) is 2.53. The van der Waals surface area contributed by atoms with E-state index in [-0.39, 0.29) is 11.5 Å². The van der Waals surface area contributed by atoms with Gasteiger partial charge in [-0.1, -0.05) is 6.07 Å². The van der Waals surface area contributed by atoms with Crippen molar-refractivity contribution in [2.45, 2.75) is 26.8 Å². The fourth-order valence-corrected chi connectivity index (χ4v) is 1.84. The highest BCUT2D eigenvalue weighted by molar-refractivity contribution is 5.92. The van der Waals surface area contributed by atoms with E-state index in [0.29, 0.717) is 12.3 Å². The molecule has 0 heterocycles. The second kappa shape index (κ2) is 8.77. The number of esters is 1. The topological polar surface area (TPSA) is 93.7 Å². The van der Waals surface area contributed by atoms with Gasteiger partial charge in [0.25, 0.3) is 5.91 Å². The minimum atomic E-state index is -0.694. The van der Waals surface area contributed by atoms with E-state index in [9.17, 15) is 14.4 Å². The van der Waals surface area contributed by atoms with Crippen molar-refractivity contribution in [1.29, 1.82) is 0 Å². The number of likely N-dealkylation sites (N-methyl/N-ethyl adjacent to an activating group) is 1. The number of amides is 2. The summed E-state index contributed by atoms with van der Waals surface area (Å²) in [6, 6.07) is 4.18. The third-order valence-corrected chi connectivity index (χ3v) is 3.10. The summed E-state index contributed by atoms with van der Waals surface area (Å²) in [5, 5.41) is 5.03. The number of nitrogens with one attached hydrogen (secondary N) is 2. The first-order valence-electron chi connectivity index (χ1n) is 7.27. The molecule has 7 nitrogen and oxygen atoms in total. The number of carbonyl (C=O) groups excluding carboxylic acids is 3.